The van der Waals surface area contributed by atoms with E-state index in [4.69, 9.17) is 0 Å². The van der Waals surface area contributed by atoms with Crippen molar-refractivity contribution < 1.29 is 0 Å². The lowest BCUT2D eigenvalue weighted by molar-refractivity contribution is 1.18. The smallest absolute Gasteiger partial charge is 0.0541 e. The van der Waals surface area contributed by atoms with Gasteiger partial charge in [0.2, 0.25) is 0 Å². The van der Waals surface area contributed by atoms with Gasteiger partial charge in [0.25, 0.3) is 0 Å². The number of aromatic nitrogens is 2. The highest BCUT2D eigenvalue weighted by atomic mass is 15.1. The van der Waals surface area contributed by atoms with Gasteiger partial charge in [-0.05, 0) is 95.1 Å². The van der Waals surface area contributed by atoms with Gasteiger partial charge < -0.3 is 14.0 Å². The summed E-state index contributed by atoms with van der Waals surface area (Å²) in [4.78, 5) is 2.37. The molecule has 0 spiro atoms. The van der Waals surface area contributed by atoms with E-state index in [0.29, 0.717) is 0 Å². The Morgan fingerprint density at radius 3 is 1.05 bits per heavy atom. The fourth-order valence-electron chi connectivity index (χ4n) is 9.67. The van der Waals surface area contributed by atoms with Crippen LogP contribution in [0, 0.1) is 0 Å². The van der Waals surface area contributed by atoms with Crippen LogP contribution in [-0.4, -0.2) is 9.13 Å². The molecule has 2 aromatic heterocycles. The summed E-state index contributed by atoms with van der Waals surface area (Å²) in [5, 5.41) is 5.03. The molecule has 0 saturated carbocycles. The Morgan fingerprint density at radius 2 is 0.603 bits per heavy atom. The summed E-state index contributed by atoms with van der Waals surface area (Å²) in [5.74, 6) is 0. The van der Waals surface area contributed by atoms with Crippen molar-refractivity contribution >= 4 is 60.7 Å². The van der Waals surface area contributed by atoms with Crippen molar-refractivity contribution in [2.75, 3.05) is 4.90 Å². The van der Waals surface area contributed by atoms with Crippen LogP contribution in [0.2, 0.25) is 0 Å². The number of hydrogen-bond donors (Lipinski definition) is 0. The van der Waals surface area contributed by atoms with Gasteiger partial charge >= 0.3 is 0 Å². The van der Waals surface area contributed by atoms with Crippen LogP contribution in [-0.2, 0) is 0 Å². The van der Waals surface area contributed by atoms with Gasteiger partial charge in [-0.2, -0.15) is 0 Å². The van der Waals surface area contributed by atoms with Crippen molar-refractivity contribution in [3.05, 3.63) is 249 Å². The molecule has 0 aliphatic heterocycles. The molecule has 0 fully saturated rings. The number of hydrogen-bond acceptors (Lipinski definition) is 1. The molecule has 0 saturated heterocycles. The van der Waals surface area contributed by atoms with Crippen LogP contribution in [0.5, 0.6) is 0 Å². The largest absolute Gasteiger partial charge is 0.310 e. The third kappa shape index (κ3) is 6.21. The second-order valence-electron chi connectivity index (χ2n) is 16.1. The first kappa shape index (κ1) is 36.5. The van der Waals surface area contributed by atoms with E-state index in [1.807, 2.05) is 0 Å². The number of para-hydroxylation sites is 6. The van der Waals surface area contributed by atoms with Crippen LogP contribution in [0.25, 0.3) is 88.4 Å². The third-order valence-corrected chi connectivity index (χ3v) is 12.5. The Hall–Kier alpha value is -8.40. The monoisotopic (exact) mass is 803 g/mol. The lowest BCUT2D eigenvalue weighted by Gasteiger charge is -2.27. The summed E-state index contributed by atoms with van der Waals surface area (Å²) >= 11 is 0. The van der Waals surface area contributed by atoms with Gasteiger partial charge in [-0.25, -0.2) is 0 Å². The Bertz CT molecular complexity index is 3310. The Balaban J connectivity index is 0.967. The molecule has 296 valence electrons. The zero-order valence-electron chi connectivity index (χ0n) is 34.5. The molecule has 0 bridgehead atoms. The van der Waals surface area contributed by atoms with E-state index in [1.54, 1.807) is 0 Å². The molecule has 0 N–H and O–H groups in total. The van der Waals surface area contributed by atoms with Crippen LogP contribution in [0.4, 0.5) is 17.1 Å². The fourth-order valence-corrected chi connectivity index (χ4v) is 9.67. The standard InChI is InChI=1S/C60H41N3/c1-2-17-42(18-3-1)45-19-16-20-48(41-45)61(46-37-33-43(34-38-46)49-21-4-10-27-55(49)62-57-29-12-6-23-51(57)52-24-7-13-30-58(52)62)47-39-35-44(36-40-47)50-22-5-11-28-56(50)63-59-31-14-8-25-53(59)54-26-9-15-32-60(54)63/h1-41H. The summed E-state index contributed by atoms with van der Waals surface area (Å²) in [5.41, 5.74) is 17.4. The number of nitrogens with zero attached hydrogens (tertiary/aromatic N) is 3. The molecule has 0 aliphatic carbocycles. The minimum absolute atomic E-state index is 1.08. The van der Waals surface area contributed by atoms with Crippen molar-refractivity contribution in [1.82, 2.24) is 9.13 Å². The Morgan fingerprint density at radius 1 is 0.238 bits per heavy atom. The van der Waals surface area contributed by atoms with E-state index in [2.05, 4.69) is 263 Å². The molecule has 0 atom stereocenters. The quantitative estimate of drug-likeness (QED) is 0.149. The topological polar surface area (TPSA) is 13.1 Å². The minimum Gasteiger partial charge on any atom is -0.310 e. The van der Waals surface area contributed by atoms with Crippen LogP contribution in [0.3, 0.4) is 0 Å². The molecule has 0 aliphatic rings. The molecule has 2 heterocycles. The molecule has 0 unspecified atom stereocenters. The van der Waals surface area contributed by atoms with Crippen LogP contribution in [0.1, 0.15) is 0 Å². The maximum absolute atomic E-state index is 2.41. The van der Waals surface area contributed by atoms with Gasteiger partial charge in [-0.15, -0.1) is 0 Å². The highest BCUT2D eigenvalue weighted by Crippen LogP contribution is 2.42. The molecule has 63 heavy (non-hydrogen) atoms. The van der Waals surface area contributed by atoms with Gasteiger partial charge in [0.05, 0.1) is 33.4 Å². The highest BCUT2D eigenvalue weighted by Gasteiger charge is 2.19. The van der Waals surface area contributed by atoms with Crippen molar-refractivity contribution in [2.24, 2.45) is 0 Å². The maximum Gasteiger partial charge on any atom is 0.0541 e. The Labute approximate surface area is 366 Å². The lowest BCUT2D eigenvalue weighted by atomic mass is 10.0. The summed E-state index contributed by atoms with van der Waals surface area (Å²) < 4.78 is 4.83. The van der Waals surface area contributed by atoms with E-state index in [0.717, 1.165) is 39.6 Å². The van der Waals surface area contributed by atoms with E-state index >= 15 is 0 Å². The van der Waals surface area contributed by atoms with Crippen LogP contribution in [0.15, 0.2) is 249 Å². The predicted molar refractivity (Wildman–Crippen MR) is 266 cm³/mol. The van der Waals surface area contributed by atoms with Crippen LogP contribution >= 0.6 is 0 Å². The summed E-state index contributed by atoms with van der Waals surface area (Å²) in [7, 11) is 0. The minimum atomic E-state index is 1.08. The second kappa shape index (κ2) is 15.3. The summed E-state index contributed by atoms with van der Waals surface area (Å²) in [6.07, 6.45) is 0. The third-order valence-electron chi connectivity index (χ3n) is 12.5. The lowest BCUT2D eigenvalue weighted by Crippen LogP contribution is -2.10. The van der Waals surface area contributed by atoms with Crippen molar-refractivity contribution in [1.29, 1.82) is 0 Å². The first-order chi connectivity index (χ1) is 31.3. The number of benzene rings is 10. The first-order valence-corrected chi connectivity index (χ1v) is 21.6. The molecule has 12 aromatic rings. The van der Waals surface area contributed by atoms with Gasteiger partial charge in [-0.1, -0.05) is 176 Å². The molecule has 12 rings (SSSR count). The van der Waals surface area contributed by atoms with Crippen molar-refractivity contribution in [3.8, 4) is 44.8 Å². The van der Waals surface area contributed by atoms with Gasteiger partial charge in [0, 0.05) is 49.7 Å². The highest BCUT2D eigenvalue weighted by molar-refractivity contribution is 6.11. The van der Waals surface area contributed by atoms with E-state index < -0.39 is 0 Å². The molecular formula is C60H41N3. The fraction of sp³-hybridized carbons (Fsp3) is 0. The van der Waals surface area contributed by atoms with Crippen LogP contribution < -0.4 is 4.90 Å². The van der Waals surface area contributed by atoms with E-state index in [1.165, 1.54) is 65.9 Å². The normalized spacial score (nSPS) is 11.5. The SMILES string of the molecule is c1ccc(-c2cccc(N(c3ccc(-c4ccccc4-n4c5ccccc5c5ccccc54)cc3)c3ccc(-c4ccccc4-n4c5ccccc5c5ccccc54)cc3)c2)cc1. The molecule has 0 amide bonds. The zero-order chi connectivity index (χ0) is 41.7. The molecule has 10 aromatic carbocycles. The van der Waals surface area contributed by atoms with Crippen molar-refractivity contribution in [3.63, 3.8) is 0 Å². The zero-order valence-corrected chi connectivity index (χ0v) is 34.5. The molecular weight excluding hydrogens is 763 g/mol. The average Bonchev–Trinajstić information content (AvgIpc) is 3.88. The Kier molecular flexibility index (Phi) is 8.83. The van der Waals surface area contributed by atoms with Gasteiger partial charge in [0.1, 0.15) is 0 Å². The number of anilines is 3. The van der Waals surface area contributed by atoms with Crippen molar-refractivity contribution in [2.45, 2.75) is 0 Å². The summed E-state index contributed by atoms with van der Waals surface area (Å²) in [6, 6.07) is 90.0. The molecule has 3 heteroatoms. The predicted octanol–water partition coefficient (Wildman–Crippen LogP) is 16.4. The number of fused-ring (bicyclic) bond motifs is 6. The molecule has 0 radical (unpaired) electrons. The van der Waals surface area contributed by atoms with Gasteiger partial charge in [0.15, 0.2) is 0 Å². The number of rotatable bonds is 8. The second-order valence-corrected chi connectivity index (χ2v) is 16.1. The maximum atomic E-state index is 2.41. The van der Waals surface area contributed by atoms with Gasteiger partial charge in [-0.3, -0.25) is 0 Å². The summed E-state index contributed by atoms with van der Waals surface area (Å²) in [6.45, 7) is 0. The van der Waals surface area contributed by atoms with E-state index in [-0.39, 0.29) is 0 Å². The average molecular weight is 804 g/mol. The first-order valence-electron chi connectivity index (χ1n) is 21.6. The van der Waals surface area contributed by atoms with E-state index in [9.17, 15) is 0 Å². The molecule has 3 nitrogen and oxygen atoms in total.